The van der Waals surface area contributed by atoms with Gasteiger partial charge in [-0.1, -0.05) is 0 Å². The first-order chi connectivity index (χ1) is 9.65. The molecule has 1 fully saturated rings. The number of ether oxygens (including phenoxy) is 1. The third-order valence-electron chi connectivity index (χ3n) is 3.03. The van der Waals surface area contributed by atoms with Gasteiger partial charge < -0.3 is 10.1 Å². The smallest absolute Gasteiger partial charge is 0.224 e. The van der Waals surface area contributed by atoms with Crippen molar-refractivity contribution in [3.8, 4) is 11.6 Å². The molecular weight excluding hydrogens is 325 g/mol. The first kappa shape index (κ1) is 13.3. The van der Waals surface area contributed by atoms with E-state index in [1.807, 2.05) is 0 Å². The molecule has 1 aliphatic rings. The Bertz CT molecular complexity index is 646. The molecule has 104 valence electrons. The molecule has 1 heterocycles. The van der Waals surface area contributed by atoms with Crippen molar-refractivity contribution < 1.29 is 9.13 Å². The molecule has 1 aromatic heterocycles. The summed E-state index contributed by atoms with van der Waals surface area (Å²) < 4.78 is 19.6. The van der Waals surface area contributed by atoms with Gasteiger partial charge in [0, 0.05) is 25.1 Å². The average Bonchev–Trinajstić information content (AvgIpc) is 3.27. The van der Waals surface area contributed by atoms with Crippen LogP contribution >= 0.6 is 15.9 Å². The highest BCUT2D eigenvalue weighted by Crippen LogP contribution is 2.39. The number of anilines is 1. The Hall–Kier alpha value is -1.69. The molecule has 1 aliphatic carbocycles. The van der Waals surface area contributed by atoms with Crippen molar-refractivity contribution in [3.05, 3.63) is 40.4 Å². The maximum Gasteiger partial charge on any atom is 0.224 e. The largest absolute Gasteiger partial charge is 0.438 e. The Kier molecular flexibility index (Phi) is 3.56. The summed E-state index contributed by atoms with van der Waals surface area (Å²) in [6.07, 6.45) is 2.21. The predicted octanol–water partition coefficient (Wildman–Crippen LogP) is 4.09. The minimum Gasteiger partial charge on any atom is -0.438 e. The van der Waals surface area contributed by atoms with Crippen LogP contribution in [0.3, 0.4) is 0 Å². The SMILES string of the molecule is CNc1cc(Oc2cc(F)ccc2Br)nc(C2CC2)n1. The standard InChI is InChI=1S/C14H13BrFN3O/c1-17-12-7-13(19-14(18-12)8-2-3-8)20-11-6-9(16)4-5-10(11)15/h4-8H,2-3H2,1H3,(H,17,18,19). The Morgan fingerprint density at radius 1 is 1.30 bits per heavy atom. The Morgan fingerprint density at radius 2 is 2.10 bits per heavy atom. The molecule has 1 aromatic carbocycles. The summed E-state index contributed by atoms with van der Waals surface area (Å²) in [6, 6.07) is 5.99. The highest BCUT2D eigenvalue weighted by Gasteiger charge is 2.27. The van der Waals surface area contributed by atoms with Crippen LogP contribution in [0.4, 0.5) is 10.2 Å². The first-order valence-electron chi connectivity index (χ1n) is 6.35. The summed E-state index contributed by atoms with van der Waals surface area (Å²) in [5.74, 6) is 2.35. The second kappa shape index (κ2) is 5.36. The lowest BCUT2D eigenvalue weighted by Crippen LogP contribution is -2.01. The third-order valence-corrected chi connectivity index (χ3v) is 3.68. The topological polar surface area (TPSA) is 47.0 Å². The minimum absolute atomic E-state index is 0.353. The summed E-state index contributed by atoms with van der Waals surface area (Å²) in [5, 5.41) is 2.99. The normalized spacial score (nSPS) is 14.2. The summed E-state index contributed by atoms with van der Waals surface area (Å²) in [4.78, 5) is 8.80. The van der Waals surface area contributed by atoms with Crippen LogP contribution in [-0.4, -0.2) is 17.0 Å². The van der Waals surface area contributed by atoms with Crippen molar-refractivity contribution in [1.82, 2.24) is 9.97 Å². The molecule has 4 nitrogen and oxygen atoms in total. The van der Waals surface area contributed by atoms with E-state index in [0.717, 1.165) is 18.7 Å². The van der Waals surface area contributed by atoms with E-state index >= 15 is 0 Å². The number of nitrogens with one attached hydrogen (secondary N) is 1. The number of rotatable bonds is 4. The van der Waals surface area contributed by atoms with Gasteiger partial charge in [-0.25, -0.2) is 9.37 Å². The molecule has 0 radical (unpaired) electrons. The van der Waals surface area contributed by atoms with Gasteiger partial charge in [0.2, 0.25) is 5.88 Å². The molecule has 3 rings (SSSR count). The fourth-order valence-electron chi connectivity index (χ4n) is 1.82. The van der Waals surface area contributed by atoms with Crippen LogP contribution in [0, 0.1) is 5.82 Å². The van der Waals surface area contributed by atoms with Gasteiger partial charge in [0.1, 0.15) is 23.2 Å². The molecule has 1 N–H and O–H groups in total. The zero-order valence-corrected chi connectivity index (χ0v) is 12.4. The van der Waals surface area contributed by atoms with Gasteiger partial charge in [0.15, 0.2) is 0 Å². The molecule has 1 saturated carbocycles. The van der Waals surface area contributed by atoms with Gasteiger partial charge in [-0.05, 0) is 40.9 Å². The van der Waals surface area contributed by atoms with Crippen LogP contribution in [0.2, 0.25) is 0 Å². The molecule has 0 spiro atoms. The monoisotopic (exact) mass is 337 g/mol. The fraction of sp³-hybridized carbons (Fsp3) is 0.286. The molecular formula is C14H13BrFN3O. The van der Waals surface area contributed by atoms with E-state index in [1.54, 1.807) is 19.2 Å². The molecule has 0 aliphatic heterocycles. The van der Waals surface area contributed by atoms with E-state index in [-0.39, 0.29) is 5.82 Å². The number of aromatic nitrogens is 2. The van der Waals surface area contributed by atoms with Crippen molar-refractivity contribution in [2.24, 2.45) is 0 Å². The van der Waals surface area contributed by atoms with Crippen molar-refractivity contribution >= 4 is 21.7 Å². The van der Waals surface area contributed by atoms with Gasteiger partial charge >= 0.3 is 0 Å². The third kappa shape index (κ3) is 2.90. The van der Waals surface area contributed by atoms with E-state index in [0.29, 0.717) is 27.8 Å². The number of benzene rings is 1. The molecule has 0 atom stereocenters. The Morgan fingerprint density at radius 3 is 2.80 bits per heavy atom. The molecule has 0 amide bonds. The zero-order valence-electron chi connectivity index (χ0n) is 10.9. The van der Waals surface area contributed by atoms with E-state index in [9.17, 15) is 4.39 Å². The van der Waals surface area contributed by atoms with E-state index in [2.05, 4.69) is 31.2 Å². The molecule has 0 bridgehead atoms. The minimum atomic E-state index is -0.353. The lowest BCUT2D eigenvalue weighted by molar-refractivity contribution is 0.451. The molecule has 0 saturated heterocycles. The van der Waals surface area contributed by atoms with Crippen LogP contribution < -0.4 is 10.1 Å². The molecule has 20 heavy (non-hydrogen) atoms. The van der Waals surface area contributed by atoms with Crippen molar-refractivity contribution in [2.75, 3.05) is 12.4 Å². The highest BCUT2D eigenvalue weighted by atomic mass is 79.9. The number of nitrogens with zero attached hydrogens (tertiary/aromatic N) is 2. The van der Waals surface area contributed by atoms with Crippen molar-refractivity contribution in [1.29, 1.82) is 0 Å². The quantitative estimate of drug-likeness (QED) is 0.912. The second-order valence-electron chi connectivity index (χ2n) is 4.65. The van der Waals surface area contributed by atoms with Gasteiger partial charge in [0.05, 0.1) is 4.47 Å². The maximum atomic E-state index is 13.3. The van der Waals surface area contributed by atoms with E-state index < -0.39 is 0 Å². The molecule has 6 heteroatoms. The van der Waals surface area contributed by atoms with Gasteiger partial charge in [0.25, 0.3) is 0 Å². The highest BCUT2D eigenvalue weighted by molar-refractivity contribution is 9.10. The second-order valence-corrected chi connectivity index (χ2v) is 5.51. The first-order valence-corrected chi connectivity index (χ1v) is 7.14. The van der Waals surface area contributed by atoms with E-state index in [1.165, 1.54) is 12.1 Å². The number of hydrogen-bond donors (Lipinski definition) is 1. The van der Waals surface area contributed by atoms with Crippen molar-refractivity contribution in [3.63, 3.8) is 0 Å². The van der Waals surface area contributed by atoms with Crippen LogP contribution in [-0.2, 0) is 0 Å². The number of halogens is 2. The summed E-state index contributed by atoms with van der Waals surface area (Å²) >= 11 is 3.33. The number of hydrogen-bond acceptors (Lipinski definition) is 4. The van der Waals surface area contributed by atoms with Gasteiger partial charge in [-0.15, -0.1) is 0 Å². The van der Waals surface area contributed by atoms with Crippen LogP contribution in [0.5, 0.6) is 11.6 Å². The van der Waals surface area contributed by atoms with Crippen LogP contribution in [0.1, 0.15) is 24.6 Å². The Balaban J connectivity index is 1.93. The Labute approximate surface area is 124 Å². The zero-order chi connectivity index (χ0) is 14.1. The fourth-order valence-corrected chi connectivity index (χ4v) is 2.14. The van der Waals surface area contributed by atoms with Crippen molar-refractivity contribution in [2.45, 2.75) is 18.8 Å². The lowest BCUT2D eigenvalue weighted by atomic mass is 10.3. The molecule has 0 unspecified atom stereocenters. The van der Waals surface area contributed by atoms with Gasteiger partial charge in [-0.3, -0.25) is 0 Å². The van der Waals surface area contributed by atoms with Crippen LogP contribution in [0.15, 0.2) is 28.7 Å². The maximum absolute atomic E-state index is 13.3. The van der Waals surface area contributed by atoms with Gasteiger partial charge in [-0.2, -0.15) is 4.98 Å². The summed E-state index contributed by atoms with van der Waals surface area (Å²) in [6.45, 7) is 0. The summed E-state index contributed by atoms with van der Waals surface area (Å²) in [5.41, 5.74) is 0. The van der Waals surface area contributed by atoms with Crippen LogP contribution in [0.25, 0.3) is 0 Å². The predicted molar refractivity (Wildman–Crippen MR) is 77.7 cm³/mol. The summed E-state index contributed by atoms with van der Waals surface area (Å²) in [7, 11) is 1.79. The lowest BCUT2D eigenvalue weighted by Gasteiger charge is -2.10. The average molecular weight is 338 g/mol. The van der Waals surface area contributed by atoms with E-state index in [4.69, 9.17) is 4.74 Å². The molecule has 2 aromatic rings.